The van der Waals surface area contributed by atoms with E-state index in [1.54, 1.807) is 36.1 Å². The number of carbonyl (C=O) groups is 2. The third kappa shape index (κ3) is 4.67. The van der Waals surface area contributed by atoms with Crippen molar-refractivity contribution >= 4 is 17.8 Å². The maximum absolute atomic E-state index is 12.9. The van der Waals surface area contributed by atoms with Gasteiger partial charge in [-0.05, 0) is 62.6 Å². The molecule has 3 N–H and O–H groups in total. The molecule has 1 aromatic rings. The minimum absolute atomic E-state index is 0.00780. The van der Waals surface area contributed by atoms with Crippen LogP contribution in [0, 0.1) is 11.8 Å². The number of likely N-dealkylation sites (tertiary alicyclic amines) is 1. The van der Waals surface area contributed by atoms with Crippen molar-refractivity contribution in [2.24, 2.45) is 22.6 Å². The molecule has 0 spiro atoms. The molecular weight excluding hydrogens is 380 g/mol. The van der Waals surface area contributed by atoms with Gasteiger partial charge in [0.15, 0.2) is 5.96 Å². The van der Waals surface area contributed by atoms with Crippen LogP contribution in [0.15, 0.2) is 29.3 Å². The molecule has 0 bridgehead atoms. The first-order valence-corrected chi connectivity index (χ1v) is 10.9. The molecule has 2 unspecified atom stereocenters. The number of carbonyl (C=O) groups excluding carboxylic acids is 2. The van der Waals surface area contributed by atoms with Crippen molar-refractivity contribution in [1.82, 2.24) is 9.80 Å². The van der Waals surface area contributed by atoms with Gasteiger partial charge in [0.05, 0.1) is 6.10 Å². The molecule has 2 heterocycles. The summed E-state index contributed by atoms with van der Waals surface area (Å²) in [6.07, 6.45) is 1.80. The Labute approximate surface area is 178 Å². The Kier molecular flexibility index (Phi) is 6.50. The van der Waals surface area contributed by atoms with E-state index in [9.17, 15) is 14.7 Å². The van der Waals surface area contributed by atoms with Crippen molar-refractivity contribution in [3.8, 4) is 0 Å². The number of hydrogen-bond acceptors (Lipinski definition) is 5. The molecule has 1 saturated heterocycles. The molecule has 7 nitrogen and oxygen atoms in total. The van der Waals surface area contributed by atoms with Gasteiger partial charge in [-0.2, -0.15) is 0 Å². The summed E-state index contributed by atoms with van der Waals surface area (Å²) >= 11 is 0. The van der Waals surface area contributed by atoms with E-state index in [0.717, 1.165) is 18.4 Å². The number of nitrogens with zero attached hydrogens (tertiary/aromatic N) is 3. The number of aliphatic hydroxyl groups excluding tert-OH is 1. The number of aliphatic imine (C=N–C) groups is 1. The zero-order valence-corrected chi connectivity index (χ0v) is 18.5. The molecule has 3 rings (SSSR count). The van der Waals surface area contributed by atoms with Gasteiger partial charge in [-0.3, -0.25) is 14.5 Å². The molecule has 2 amide bonds. The van der Waals surface area contributed by atoms with Gasteiger partial charge < -0.3 is 15.7 Å². The first-order chi connectivity index (χ1) is 14.1. The molecule has 2 atom stereocenters. The molecule has 164 valence electrons. The van der Waals surface area contributed by atoms with Crippen LogP contribution < -0.4 is 5.73 Å². The number of nitrogens with two attached hydrogens (primary N) is 1. The highest BCUT2D eigenvalue weighted by atomic mass is 16.3. The summed E-state index contributed by atoms with van der Waals surface area (Å²) in [7, 11) is 0. The highest BCUT2D eigenvalue weighted by Gasteiger charge is 2.44. The molecule has 0 radical (unpaired) electrons. The van der Waals surface area contributed by atoms with Crippen LogP contribution in [0.5, 0.6) is 0 Å². The maximum atomic E-state index is 12.9. The minimum Gasteiger partial charge on any atom is -0.389 e. The quantitative estimate of drug-likeness (QED) is 0.747. The smallest absolute Gasteiger partial charge is 0.257 e. The van der Waals surface area contributed by atoms with Crippen LogP contribution in [0.2, 0.25) is 0 Å². The van der Waals surface area contributed by atoms with Gasteiger partial charge in [-0.1, -0.05) is 26.0 Å². The van der Waals surface area contributed by atoms with Crippen LogP contribution in [0.25, 0.3) is 0 Å². The van der Waals surface area contributed by atoms with E-state index in [1.165, 1.54) is 0 Å². The lowest BCUT2D eigenvalue weighted by Crippen LogP contribution is -2.47. The topological polar surface area (TPSA) is 99.2 Å². The lowest BCUT2D eigenvalue weighted by atomic mass is 9.90. The third-order valence-corrected chi connectivity index (χ3v) is 6.13. The largest absolute Gasteiger partial charge is 0.389 e. The van der Waals surface area contributed by atoms with Gasteiger partial charge in [-0.25, -0.2) is 4.99 Å². The van der Waals surface area contributed by atoms with E-state index in [2.05, 4.69) is 18.8 Å². The highest BCUT2D eigenvalue weighted by molar-refractivity contribution is 6.06. The fourth-order valence-corrected chi connectivity index (χ4v) is 4.52. The zero-order chi connectivity index (χ0) is 22.1. The third-order valence-electron chi connectivity index (χ3n) is 6.13. The minimum atomic E-state index is -0.757. The molecule has 0 saturated carbocycles. The highest BCUT2D eigenvalue weighted by Crippen LogP contribution is 2.30. The Hall–Kier alpha value is -2.41. The number of aliphatic hydroxyl groups is 1. The SMILES string of the molecule is CC(C)CC1(C)N=C(N)N(CC2CCN(C(=O)c3ccc(C(C)O)cc3)CC2)C1=O. The Morgan fingerprint density at radius 3 is 2.37 bits per heavy atom. The van der Waals surface area contributed by atoms with Gasteiger partial charge in [0.2, 0.25) is 0 Å². The lowest BCUT2D eigenvalue weighted by Gasteiger charge is -2.34. The van der Waals surface area contributed by atoms with E-state index in [4.69, 9.17) is 5.73 Å². The summed E-state index contributed by atoms with van der Waals surface area (Å²) in [4.78, 5) is 33.7. The van der Waals surface area contributed by atoms with Crippen molar-refractivity contribution in [2.75, 3.05) is 19.6 Å². The maximum Gasteiger partial charge on any atom is 0.257 e. The first kappa shape index (κ1) is 22.3. The number of rotatable bonds is 6. The Bertz CT molecular complexity index is 810. The van der Waals surface area contributed by atoms with Crippen molar-refractivity contribution < 1.29 is 14.7 Å². The van der Waals surface area contributed by atoms with Gasteiger partial charge >= 0.3 is 0 Å². The molecule has 1 aromatic carbocycles. The van der Waals surface area contributed by atoms with Crippen LogP contribution >= 0.6 is 0 Å². The van der Waals surface area contributed by atoms with E-state index in [1.807, 2.05) is 11.8 Å². The van der Waals surface area contributed by atoms with Crippen LogP contribution in [0.1, 0.15) is 69.0 Å². The fourth-order valence-electron chi connectivity index (χ4n) is 4.52. The first-order valence-electron chi connectivity index (χ1n) is 10.9. The Morgan fingerprint density at radius 1 is 1.23 bits per heavy atom. The van der Waals surface area contributed by atoms with Crippen LogP contribution in [0.4, 0.5) is 0 Å². The average molecular weight is 415 g/mol. The fraction of sp³-hybridized carbons (Fsp3) is 0.609. The summed E-state index contributed by atoms with van der Waals surface area (Å²) in [6.45, 7) is 9.61. The number of amides is 2. The van der Waals surface area contributed by atoms with Gasteiger partial charge in [0.25, 0.3) is 11.8 Å². The van der Waals surface area contributed by atoms with E-state index in [-0.39, 0.29) is 11.8 Å². The molecule has 0 aliphatic carbocycles. The normalized spacial score (nSPS) is 23.8. The number of guanidine groups is 1. The van der Waals surface area contributed by atoms with Crippen molar-refractivity contribution in [1.29, 1.82) is 0 Å². The molecule has 2 aliphatic heterocycles. The molecule has 2 aliphatic rings. The van der Waals surface area contributed by atoms with Crippen LogP contribution in [-0.2, 0) is 4.79 Å². The van der Waals surface area contributed by atoms with E-state index >= 15 is 0 Å². The van der Waals surface area contributed by atoms with Crippen molar-refractivity contribution in [3.05, 3.63) is 35.4 Å². The second-order valence-electron chi connectivity index (χ2n) is 9.29. The van der Waals surface area contributed by atoms with E-state index < -0.39 is 11.6 Å². The van der Waals surface area contributed by atoms with Gasteiger partial charge in [0.1, 0.15) is 5.54 Å². The summed E-state index contributed by atoms with van der Waals surface area (Å²) in [5.74, 6) is 0.976. The molecule has 7 heteroatoms. The number of piperidine rings is 1. The molecule has 1 fully saturated rings. The Morgan fingerprint density at radius 2 is 1.83 bits per heavy atom. The average Bonchev–Trinajstić information content (AvgIpc) is 2.90. The van der Waals surface area contributed by atoms with Crippen molar-refractivity contribution in [2.45, 2.75) is 58.6 Å². The van der Waals surface area contributed by atoms with E-state index in [0.29, 0.717) is 49.4 Å². The van der Waals surface area contributed by atoms with Gasteiger partial charge in [0, 0.05) is 25.2 Å². The monoisotopic (exact) mass is 414 g/mol. The summed E-state index contributed by atoms with van der Waals surface area (Å²) in [6, 6.07) is 7.12. The molecular formula is C23H34N4O3. The molecule has 0 aromatic heterocycles. The second kappa shape index (κ2) is 8.76. The van der Waals surface area contributed by atoms with Crippen molar-refractivity contribution in [3.63, 3.8) is 0 Å². The lowest BCUT2D eigenvalue weighted by molar-refractivity contribution is -0.131. The number of benzene rings is 1. The summed E-state index contributed by atoms with van der Waals surface area (Å²) in [5.41, 5.74) is 6.77. The molecule has 30 heavy (non-hydrogen) atoms. The zero-order valence-electron chi connectivity index (χ0n) is 18.5. The Balaban J connectivity index is 1.55. The summed E-state index contributed by atoms with van der Waals surface area (Å²) < 4.78 is 0. The predicted molar refractivity (Wildman–Crippen MR) is 117 cm³/mol. The van der Waals surface area contributed by atoms with Gasteiger partial charge in [-0.15, -0.1) is 0 Å². The van der Waals surface area contributed by atoms with Crippen LogP contribution in [0.3, 0.4) is 0 Å². The van der Waals surface area contributed by atoms with Crippen LogP contribution in [-0.4, -0.2) is 57.9 Å². The second-order valence-corrected chi connectivity index (χ2v) is 9.29. The summed E-state index contributed by atoms with van der Waals surface area (Å²) in [5, 5.41) is 9.62. The predicted octanol–water partition coefficient (Wildman–Crippen LogP) is 2.55. The standard InChI is InChI=1S/C23H34N4O3/c1-15(2)13-23(4)21(30)27(22(24)25-23)14-17-9-11-26(12-10-17)20(29)19-7-5-18(6-8-19)16(3)28/h5-8,15-17,28H,9-14H2,1-4H3,(H2,24,25). The number of hydrogen-bond donors (Lipinski definition) is 2.